The Balaban J connectivity index is 0.836. The van der Waals surface area contributed by atoms with Gasteiger partial charge in [0.05, 0.1) is 12.0 Å². The molecular formula is C68H102O7. The molecule has 0 spiro atoms. The van der Waals surface area contributed by atoms with Crippen LogP contribution in [0.15, 0.2) is 60.2 Å². The van der Waals surface area contributed by atoms with Crippen molar-refractivity contribution in [3.63, 3.8) is 0 Å². The molecule has 7 nitrogen and oxygen atoms in total. The molecule has 8 aliphatic carbocycles. The molecule has 75 heavy (non-hydrogen) atoms. The number of rotatable bonds is 20. The Kier molecular flexibility index (Phi) is 17.4. The van der Waals surface area contributed by atoms with E-state index >= 15 is 0 Å². The van der Waals surface area contributed by atoms with Crippen LogP contribution >= 0.6 is 0 Å². The number of carbonyl (C=O) groups is 3. The lowest BCUT2D eigenvalue weighted by molar-refractivity contribution is -0.168. The van der Waals surface area contributed by atoms with Gasteiger partial charge in [-0.2, -0.15) is 0 Å². The van der Waals surface area contributed by atoms with E-state index in [0.717, 1.165) is 98.2 Å². The van der Waals surface area contributed by atoms with Crippen LogP contribution in [-0.4, -0.2) is 42.8 Å². The number of hydrogen-bond donors (Lipinski definition) is 0. The molecule has 6 saturated carbocycles. The van der Waals surface area contributed by atoms with E-state index in [1.54, 1.807) is 30.3 Å². The number of hydrogen-bond acceptors (Lipinski definition) is 7. The zero-order valence-corrected chi connectivity index (χ0v) is 48.7. The lowest BCUT2D eigenvalue weighted by atomic mass is 9.47. The molecule has 0 radical (unpaired) electrons. The fourth-order valence-corrected chi connectivity index (χ4v) is 19.3. The number of benzene rings is 1. The summed E-state index contributed by atoms with van der Waals surface area (Å²) in [6.07, 6.45) is 30.4. The highest BCUT2D eigenvalue weighted by atomic mass is 16.6. The first-order valence-electron chi connectivity index (χ1n) is 31.1. The van der Waals surface area contributed by atoms with Gasteiger partial charge in [-0.1, -0.05) is 144 Å². The second kappa shape index (κ2) is 23.2. The van der Waals surface area contributed by atoms with Crippen molar-refractivity contribution in [2.45, 2.75) is 235 Å². The molecule has 17 atom stereocenters. The maximum atomic E-state index is 14.4. The van der Waals surface area contributed by atoms with Gasteiger partial charge in [0, 0.05) is 12.8 Å². The van der Waals surface area contributed by atoms with Gasteiger partial charge in [-0.25, -0.2) is 9.59 Å². The molecule has 6 fully saturated rings. The summed E-state index contributed by atoms with van der Waals surface area (Å²) in [5.74, 6) is 7.86. The van der Waals surface area contributed by atoms with Crippen molar-refractivity contribution < 1.29 is 33.3 Å². The normalized spacial score (nSPS) is 38.0. The van der Waals surface area contributed by atoms with Crippen LogP contribution in [0, 0.1) is 92.7 Å². The van der Waals surface area contributed by atoms with E-state index < -0.39 is 24.0 Å². The summed E-state index contributed by atoms with van der Waals surface area (Å²) in [4.78, 5) is 42.3. The Morgan fingerprint density at radius 1 is 0.613 bits per heavy atom. The monoisotopic (exact) mass is 1030 g/mol. The summed E-state index contributed by atoms with van der Waals surface area (Å²) in [5.41, 5.74) is 4.24. The maximum Gasteiger partial charge on any atom is 0.348 e. The second-order valence-corrected chi connectivity index (χ2v) is 28.5. The first kappa shape index (κ1) is 56.4. The SMILES string of the molecule is C=CCOc1ccc(C(=O)OC(CC(=O)OC2CC[C@@]3(C)C(=CC[C@H]4[C@@H]5CC[C@H]([C@H](C)CCCC(C)C)[C@@]5(C)CC[C@@H]43)C2)C(=O)OC2CC[C@@]3(C)C(=CC[C@H]4[C@@H]5CC[C@H]([C@H](C)CCCC(C)C)[C@@]5(C)CC[C@@H]43)C2)cc1. The predicted molar refractivity (Wildman–Crippen MR) is 302 cm³/mol. The van der Waals surface area contributed by atoms with Crippen LogP contribution in [0.5, 0.6) is 5.75 Å². The van der Waals surface area contributed by atoms with Gasteiger partial charge < -0.3 is 18.9 Å². The molecule has 1 aromatic carbocycles. The van der Waals surface area contributed by atoms with Crippen LogP contribution in [0.25, 0.3) is 0 Å². The second-order valence-electron chi connectivity index (χ2n) is 28.5. The van der Waals surface area contributed by atoms with Gasteiger partial charge in [0.2, 0.25) is 6.10 Å². The molecule has 9 rings (SSSR count). The minimum atomic E-state index is -1.42. The fraction of sp³-hybridized carbons (Fsp3) is 0.779. The molecular weight excluding hydrogens is 929 g/mol. The summed E-state index contributed by atoms with van der Waals surface area (Å²) in [5, 5.41) is 0. The van der Waals surface area contributed by atoms with E-state index in [0.29, 0.717) is 47.4 Å². The first-order valence-corrected chi connectivity index (χ1v) is 31.1. The van der Waals surface area contributed by atoms with Crippen molar-refractivity contribution >= 4 is 17.9 Å². The minimum Gasteiger partial charge on any atom is -0.490 e. The van der Waals surface area contributed by atoms with Gasteiger partial charge in [0.15, 0.2) is 0 Å². The van der Waals surface area contributed by atoms with Gasteiger partial charge in [0.25, 0.3) is 0 Å². The van der Waals surface area contributed by atoms with E-state index in [9.17, 15) is 14.4 Å². The van der Waals surface area contributed by atoms with Crippen molar-refractivity contribution in [3.05, 3.63) is 65.8 Å². The number of ether oxygens (including phenoxy) is 4. The van der Waals surface area contributed by atoms with Crippen molar-refractivity contribution in [2.75, 3.05) is 6.61 Å². The van der Waals surface area contributed by atoms with Crippen molar-refractivity contribution in [3.8, 4) is 5.75 Å². The molecule has 0 aromatic heterocycles. The third kappa shape index (κ3) is 11.4. The largest absolute Gasteiger partial charge is 0.490 e. The Bertz CT molecular complexity index is 2240. The van der Waals surface area contributed by atoms with Gasteiger partial charge in [-0.15, -0.1) is 0 Å². The number of allylic oxidation sites excluding steroid dienone is 2. The van der Waals surface area contributed by atoms with E-state index in [-0.39, 0.29) is 35.0 Å². The third-order valence-corrected chi connectivity index (χ3v) is 23.4. The molecule has 0 heterocycles. The zero-order valence-electron chi connectivity index (χ0n) is 48.7. The van der Waals surface area contributed by atoms with Crippen LogP contribution in [-0.2, 0) is 23.8 Å². The summed E-state index contributed by atoms with van der Waals surface area (Å²) >= 11 is 0. The van der Waals surface area contributed by atoms with Crippen LogP contribution in [0.4, 0.5) is 0 Å². The molecule has 8 aliphatic rings. The topological polar surface area (TPSA) is 88.1 Å². The highest BCUT2D eigenvalue weighted by Gasteiger charge is 2.61. The highest BCUT2D eigenvalue weighted by Crippen LogP contribution is 2.69. The first-order chi connectivity index (χ1) is 35.8. The quantitative estimate of drug-likeness (QED) is 0.0730. The maximum absolute atomic E-state index is 14.4. The smallest absolute Gasteiger partial charge is 0.348 e. The van der Waals surface area contributed by atoms with E-state index in [2.05, 4.69) is 88.0 Å². The van der Waals surface area contributed by atoms with Gasteiger partial charge in [-0.05, 0) is 207 Å². The molecule has 0 bridgehead atoms. The number of fused-ring (bicyclic) bond motifs is 10. The molecule has 7 heteroatoms. The Labute approximate surface area is 455 Å². The average molecular weight is 1030 g/mol. The summed E-state index contributed by atoms with van der Waals surface area (Å²) < 4.78 is 24.3. The lowest BCUT2D eigenvalue weighted by Gasteiger charge is -2.58. The minimum absolute atomic E-state index is 0.0958. The van der Waals surface area contributed by atoms with Crippen LogP contribution in [0.1, 0.15) is 227 Å². The molecule has 0 aliphatic heterocycles. The van der Waals surface area contributed by atoms with Crippen molar-refractivity contribution in [2.24, 2.45) is 92.7 Å². The van der Waals surface area contributed by atoms with Gasteiger partial charge >= 0.3 is 17.9 Å². The van der Waals surface area contributed by atoms with Crippen LogP contribution in [0.3, 0.4) is 0 Å². The number of esters is 3. The molecule has 0 amide bonds. The fourth-order valence-electron chi connectivity index (χ4n) is 19.3. The molecule has 0 N–H and O–H groups in total. The lowest BCUT2D eigenvalue weighted by Crippen LogP contribution is -2.51. The predicted octanol–water partition coefficient (Wildman–Crippen LogP) is 17.1. The van der Waals surface area contributed by atoms with Crippen molar-refractivity contribution in [1.29, 1.82) is 0 Å². The molecule has 416 valence electrons. The summed E-state index contributed by atoms with van der Waals surface area (Å²) in [6, 6.07) is 6.63. The Morgan fingerprint density at radius 2 is 1.11 bits per heavy atom. The molecule has 0 saturated heterocycles. The van der Waals surface area contributed by atoms with Crippen LogP contribution in [0.2, 0.25) is 0 Å². The Hall–Kier alpha value is -3.35. The van der Waals surface area contributed by atoms with Gasteiger partial charge in [-0.3, -0.25) is 4.79 Å². The highest BCUT2D eigenvalue weighted by molar-refractivity contribution is 5.92. The van der Waals surface area contributed by atoms with E-state index in [1.807, 2.05) is 0 Å². The molecule has 3 unspecified atom stereocenters. The van der Waals surface area contributed by atoms with Crippen LogP contribution < -0.4 is 4.74 Å². The van der Waals surface area contributed by atoms with Gasteiger partial charge in [0.1, 0.15) is 24.6 Å². The Morgan fingerprint density at radius 3 is 1.59 bits per heavy atom. The van der Waals surface area contributed by atoms with Crippen molar-refractivity contribution in [1.82, 2.24) is 0 Å². The van der Waals surface area contributed by atoms with E-state index in [1.165, 1.54) is 101 Å². The molecule has 1 aromatic rings. The van der Waals surface area contributed by atoms with E-state index in [4.69, 9.17) is 18.9 Å². The third-order valence-electron chi connectivity index (χ3n) is 23.4. The zero-order chi connectivity index (χ0) is 53.5. The summed E-state index contributed by atoms with van der Waals surface area (Å²) in [6.45, 7) is 28.9. The summed E-state index contributed by atoms with van der Waals surface area (Å²) in [7, 11) is 0. The number of carbonyl (C=O) groups excluding carboxylic acids is 3. The average Bonchev–Trinajstić information content (AvgIpc) is 3.94. The standard InChI is InChI=1S/C68H102O7/c1-12-39-72-50-23-19-47(20-24-50)63(70)75-61(64(71)74-52-32-36-66(9)49(41-52)22-26-54-58-30-28-56(46(7)18-14-16-44(4)5)68(58,11)38-34-60(54)66)42-62(69)73-51-31-35-65(8)48(40-51)21-25-53-57-29-27-55(45(6)17-13-15-43(2)3)67(57,10)37-33-59(53)65/h12,19-24,43-46,51-61H,1,13-18,25-42H2,2-11H3/t45-,46-,51?,52?,53+,54+,55-,56-,57+,58+,59+,60+,61?,65+,66+,67-,68-/m1/s1.